The van der Waals surface area contributed by atoms with E-state index in [2.05, 4.69) is 25.6 Å². The van der Waals surface area contributed by atoms with Crippen molar-refractivity contribution in [3.63, 3.8) is 0 Å². The van der Waals surface area contributed by atoms with Gasteiger partial charge in [0, 0.05) is 41.6 Å². The van der Waals surface area contributed by atoms with E-state index in [0.29, 0.717) is 22.6 Å². The van der Waals surface area contributed by atoms with Crippen LogP contribution in [0.25, 0.3) is 22.0 Å². The molecule has 4 aromatic rings. The van der Waals surface area contributed by atoms with Crippen LogP contribution in [0.15, 0.2) is 54.9 Å². The zero-order chi connectivity index (χ0) is 27.5. The second-order valence-corrected chi connectivity index (χ2v) is 10.8. The number of benzene rings is 1. The number of hydrogen-bond acceptors (Lipinski definition) is 7. The van der Waals surface area contributed by atoms with Crippen molar-refractivity contribution < 1.29 is 9.59 Å². The molecule has 2 aliphatic rings. The van der Waals surface area contributed by atoms with Gasteiger partial charge in [0.1, 0.15) is 11.5 Å². The molecule has 0 saturated carbocycles. The number of nitrogens with zero attached hydrogens (tertiary/aromatic N) is 5. The lowest BCUT2D eigenvalue weighted by Gasteiger charge is -2.27. The summed E-state index contributed by atoms with van der Waals surface area (Å²) >= 11 is 0. The van der Waals surface area contributed by atoms with Crippen LogP contribution in [0.5, 0.6) is 0 Å². The predicted octanol–water partition coefficient (Wildman–Crippen LogP) is 4.19. The summed E-state index contributed by atoms with van der Waals surface area (Å²) in [5.41, 5.74) is 4.25. The lowest BCUT2D eigenvalue weighted by Crippen LogP contribution is -2.34. The molecule has 3 aromatic heterocycles. The predicted molar refractivity (Wildman–Crippen MR) is 155 cm³/mol. The maximum absolute atomic E-state index is 13.8. The van der Waals surface area contributed by atoms with Crippen molar-refractivity contribution >= 4 is 28.4 Å². The first-order chi connectivity index (χ1) is 19.6. The Bertz CT molecular complexity index is 1520. The van der Waals surface area contributed by atoms with Crippen molar-refractivity contribution in [3.05, 3.63) is 71.8 Å². The number of carbonyl (C=O) groups excluding carboxylic acids is 2. The molecule has 0 radical (unpaired) electrons. The van der Waals surface area contributed by atoms with E-state index in [4.69, 9.17) is 4.98 Å². The molecular weight excluding hydrogens is 502 g/mol. The first-order valence-corrected chi connectivity index (χ1v) is 14.2. The molecule has 40 heavy (non-hydrogen) atoms. The normalized spacial score (nSPS) is 16.7. The molecule has 0 atom stereocenters. The van der Waals surface area contributed by atoms with Crippen LogP contribution >= 0.6 is 0 Å². The average molecular weight is 538 g/mol. The number of likely N-dealkylation sites (tertiary alicyclic amines) is 1. The molecule has 9 nitrogen and oxygen atoms in total. The smallest absolute Gasteiger partial charge is 0.228 e. The summed E-state index contributed by atoms with van der Waals surface area (Å²) in [6.07, 6.45) is 8.77. The highest BCUT2D eigenvalue weighted by Gasteiger charge is 2.25. The number of carbonyl (C=O) groups is 2. The van der Waals surface area contributed by atoms with Crippen LogP contribution in [-0.4, -0.2) is 62.5 Å². The van der Waals surface area contributed by atoms with Crippen molar-refractivity contribution in [1.82, 2.24) is 30.0 Å². The number of anilines is 1. The third-order valence-electron chi connectivity index (χ3n) is 8.09. The third-order valence-corrected chi connectivity index (χ3v) is 8.09. The number of pyridine rings is 2. The van der Waals surface area contributed by atoms with Crippen molar-refractivity contribution in [2.45, 2.75) is 38.6 Å². The van der Waals surface area contributed by atoms with Gasteiger partial charge < -0.3 is 10.6 Å². The van der Waals surface area contributed by atoms with Gasteiger partial charge in [-0.05, 0) is 64.0 Å². The highest BCUT2D eigenvalue weighted by Crippen LogP contribution is 2.32. The van der Waals surface area contributed by atoms with Crippen LogP contribution in [0.4, 0.5) is 5.82 Å². The summed E-state index contributed by atoms with van der Waals surface area (Å²) in [4.78, 5) is 38.4. The molecule has 0 spiro atoms. The number of rotatable bonds is 7. The van der Waals surface area contributed by atoms with Gasteiger partial charge in [-0.2, -0.15) is 5.10 Å². The molecule has 1 amide bonds. The number of amides is 1. The summed E-state index contributed by atoms with van der Waals surface area (Å²) < 4.78 is 1.90. The Labute approximate surface area is 234 Å². The summed E-state index contributed by atoms with van der Waals surface area (Å²) in [6, 6.07) is 13.1. The second-order valence-electron chi connectivity index (χ2n) is 10.8. The Morgan fingerprint density at radius 1 is 1.00 bits per heavy atom. The maximum Gasteiger partial charge on any atom is 0.228 e. The number of ketones is 1. The zero-order valence-electron chi connectivity index (χ0n) is 22.9. The Balaban J connectivity index is 1.41. The average Bonchev–Trinajstić information content (AvgIpc) is 3.36. The van der Waals surface area contributed by atoms with Gasteiger partial charge in [-0.3, -0.25) is 19.2 Å². The minimum Gasteiger partial charge on any atom is -0.317 e. The first kappa shape index (κ1) is 26.3. The van der Waals surface area contributed by atoms with E-state index in [-0.39, 0.29) is 17.6 Å². The molecule has 0 unspecified atom stereocenters. The zero-order valence-corrected chi connectivity index (χ0v) is 22.9. The lowest BCUT2D eigenvalue weighted by molar-refractivity contribution is -0.120. The van der Waals surface area contributed by atoms with Crippen LogP contribution in [0.3, 0.4) is 0 Å². The number of nitrogens with one attached hydrogen (secondary N) is 2. The molecular formula is C31H35N7O2. The number of aromatic nitrogens is 4. The van der Waals surface area contributed by atoms with Crippen molar-refractivity contribution in [2.75, 3.05) is 31.5 Å². The lowest BCUT2D eigenvalue weighted by atomic mass is 9.96. The standard InChI is InChI=1S/C31H35N7O2/c1-37-27(20-38-14-6-3-7-15-38)25(18-34-37)24-16-23-17-28(36-31(40)22-10-12-32-13-11-22)33-19-26(23)35-29(24)30(39)21-8-4-2-5-9-21/h2,4-5,8-9,16-19,22,32H,3,6-7,10-15,20H2,1H3,(H,33,36,40). The molecule has 0 aliphatic carbocycles. The van der Waals surface area contributed by atoms with E-state index < -0.39 is 0 Å². The van der Waals surface area contributed by atoms with E-state index in [9.17, 15) is 9.59 Å². The monoisotopic (exact) mass is 537 g/mol. The molecule has 2 N–H and O–H groups in total. The van der Waals surface area contributed by atoms with Gasteiger partial charge in [0.25, 0.3) is 0 Å². The fourth-order valence-electron chi connectivity index (χ4n) is 5.77. The fourth-order valence-corrected chi connectivity index (χ4v) is 5.77. The quantitative estimate of drug-likeness (QED) is 0.341. The molecule has 5 heterocycles. The molecule has 2 fully saturated rings. The minimum atomic E-state index is -0.145. The SMILES string of the molecule is Cn1ncc(-c2cc3cc(NC(=O)C4CCNCC4)ncc3nc2C(=O)c2ccccc2)c1CN1CCCCC1. The molecule has 9 heteroatoms. The molecule has 6 rings (SSSR count). The summed E-state index contributed by atoms with van der Waals surface area (Å²) in [5, 5.41) is 11.7. The number of aryl methyl sites for hydroxylation is 1. The van der Waals surface area contributed by atoms with Crippen molar-refractivity contribution in [2.24, 2.45) is 13.0 Å². The highest BCUT2D eigenvalue weighted by molar-refractivity contribution is 6.13. The van der Waals surface area contributed by atoms with Crippen LogP contribution in [0, 0.1) is 5.92 Å². The van der Waals surface area contributed by atoms with E-state index in [0.717, 1.165) is 67.8 Å². The Kier molecular flexibility index (Phi) is 7.66. The van der Waals surface area contributed by atoms with Crippen molar-refractivity contribution in [1.29, 1.82) is 0 Å². The number of piperidine rings is 2. The summed E-state index contributed by atoms with van der Waals surface area (Å²) in [6.45, 7) is 4.57. The van der Waals surface area contributed by atoms with Crippen molar-refractivity contribution in [3.8, 4) is 11.1 Å². The fraction of sp³-hybridized carbons (Fsp3) is 0.387. The van der Waals surface area contributed by atoms with Gasteiger partial charge in [-0.15, -0.1) is 0 Å². The van der Waals surface area contributed by atoms with Gasteiger partial charge in [0.2, 0.25) is 11.7 Å². The highest BCUT2D eigenvalue weighted by atomic mass is 16.2. The minimum absolute atomic E-state index is 0.00603. The summed E-state index contributed by atoms with van der Waals surface area (Å²) in [5.74, 6) is 0.318. The Hall–Kier alpha value is -3.95. The number of fused-ring (bicyclic) bond motifs is 1. The van der Waals surface area contributed by atoms with Gasteiger partial charge in [0.05, 0.1) is 23.6 Å². The van der Waals surface area contributed by atoms with Gasteiger partial charge in [-0.25, -0.2) is 9.97 Å². The molecule has 2 aliphatic heterocycles. The second kappa shape index (κ2) is 11.7. The molecule has 0 bridgehead atoms. The van der Waals surface area contributed by atoms with Crippen LogP contribution in [0.2, 0.25) is 0 Å². The van der Waals surface area contributed by atoms with E-state index in [1.165, 1.54) is 19.3 Å². The molecule has 2 saturated heterocycles. The van der Waals surface area contributed by atoms with E-state index in [1.807, 2.05) is 60.4 Å². The largest absolute Gasteiger partial charge is 0.317 e. The van der Waals surface area contributed by atoms with E-state index in [1.54, 1.807) is 6.20 Å². The van der Waals surface area contributed by atoms with Crippen LogP contribution in [-0.2, 0) is 18.4 Å². The maximum atomic E-state index is 13.8. The van der Waals surface area contributed by atoms with E-state index >= 15 is 0 Å². The first-order valence-electron chi connectivity index (χ1n) is 14.2. The Morgan fingerprint density at radius 2 is 1.77 bits per heavy atom. The topological polar surface area (TPSA) is 105 Å². The van der Waals surface area contributed by atoms with Gasteiger partial charge in [-0.1, -0.05) is 36.8 Å². The van der Waals surface area contributed by atoms with Gasteiger partial charge >= 0.3 is 0 Å². The summed E-state index contributed by atoms with van der Waals surface area (Å²) in [7, 11) is 1.95. The Morgan fingerprint density at radius 3 is 2.55 bits per heavy atom. The number of hydrogen-bond donors (Lipinski definition) is 2. The van der Waals surface area contributed by atoms with Crippen LogP contribution in [0.1, 0.15) is 53.8 Å². The third kappa shape index (κ3) is 5.52. The van der Waals surface area contributed by atoms with Crippen LogP contribution < -0.4 is 10.6 Å². The van der Waals surface area contributed by atoms with Gasteiger partial charge in [0.15, 0.2) is 0 Å². The molecule has 206 valence electrons. The molecule has 1 aromatic carbocycles.